The highest BCUT2D eigenvalue weighted by molar-refractivity contribution is 6.07. The molecule has 0 spiro atoms. The van der Waals surface area contributed by atoms with Gasteiger partial charge in [0.25, 0.3) is 0 Å². The fourth-order valence-electron chi connectivity index (χ4n) is 4.32. The lowest BCUT2D eigenvalue weighted by Crippen LogP contribution is -2.16. The molecule has 0 amide bonds. The first kappa shape index (κ1) is 21.3. The Morgan fingerprint density at radius 2 is 1.21 bits per heavy atom. The molecule has 3 aromatic carbocycles. The van der Waals surface area contributed by atoms with Crippen LogP contribution in [0, 0.1) is 11.3 Å². The molecule has 0 atom stereocenters. The van der Waals surface area contributed by atoms with Crippen molar-refractivity contribution in [2.45, 2.75) is 64.7 Å². The number of benzene rings is 3. The van der Waals surface area contributed by atoms with Crippen molar-refractivity contribution in [3.63, 3.8) is 0 Å². The molecule has 0 aromatic heterocycles. The van der Waals surface area contributed by atoms with Crippen LogP contribution in [0.4, 0.5) is 0 Å². The molecule has 0 heterocycles. The fraction of sp³-hybridized carbons (Fsp3) is 0.444. The summed E-state index contributed by atoms with van der Waals surface area (Å²) in [5, 5.41) is 18.0. The molecule has 0 aliphatic rings. The van der Waals surface area contributed by atoms with Gasteiger partial charge in [-0.25, -0.2) is 0 Å². The summed E-state index contributed by atoms with van der Waals surface area (Å²) < 4.78 is 0. The van der Waals surface area contributed by atoms with E-state index in [1.807, 2.05) is 12.1 Å². The molecule has 3 rings (SSSR count). The Hall–Kier alpha value is -2.37. The summed E-state index contributed by atoms with van der Waals surface area (Å²) in [5.74, 6) is 0. The van der Waals surface area contributed by atoms with E-state index < -0.39 is 0 Å². The molecule has 0 unspecified atom stereocenters. The molecule has 0 saturated carbocycles. The van der Waals surface area contributed by atoms with Crippen molar-refractivity contribution in [1.29, 1.82) is 5.26 Å². The summed E-state index contributed by atoms with van der Waals surface area (Å²) in [4.78, 5) is 0. The summed E-state index contributed by atoms with van der Waals surface area (Å²) in [7, 11) is 0. The third kappa shape index (κ3) is 5.58. The quantitative estimate of drug-likeness (QED) is 0.265. The first-order chi connectivity index (χ1) is 14.4. The second kappa shape index (κ2) is 11.6. The second-order valence-corrected chi connectivity index (χ2v) is 8.03. The third-order valence-electron chi connectivity index (χ3n) is 5.89. The van der Waals surface area contributed by atoms with E-state index in [-0.39, 0.29) is 0 Å². The Bertz CT molecular complexity index is 895. The van der Waals surface area contributed by atoms with Gasteiger partial charge in [-0.3, -0.25) is 0 Å². The average Bonchev–Trinajstić information content (AvgIpc) is 2.77. The van der Waals surface area contributed by atoms with E-state index in [1.54, 1.807) is 0 Å². The second-order valence-electron chi connectivity index (χ2n) is 8.03. The van der Waals surface area contributed by atoms with E-state index in [0.717, 1.165) is 29.3 Å². The maximum Gasteiger partial charge on any atom is 0.100 e. The predicted octanol–water partition coefficient (Wildman–Crippen LogP) is 7.14. The average molecular weight is 387 g/mol. The van der Waals surface area contributed by atoms with Crippen LogP contribution in [0.25, 0.3) is 21.5 Å². The van der Waals surface area contributed by atoms with E-state index >= 15 is 0 Å². The number of nitriles is 1. The van der Waals surface area contributed by atoms with Gasteiger partial charge in [0, 0.05) is 10.8 Å². The first-order valence-corrected chi connectivity index (χ1v) is 11.4. The molecule has 0 fully saturated rings. The van der Waals surface area contributed by atoms with Crippen molar-refractivity contribution in [3.8, 4) is 6.07 Å². The fourth-order valence-corrected chi connectivity index (χ4v) is 4.32. The van der Waals surface area contributed by atoms with E-state index in [1.165, 1.54) is 74.2 Å². The number of rotatable bonds is 12. The zero-order valence-electron chi connectivity index (χ0n) is 17.8. The Morgan fingerprint density at radius 3 is 1.76 bits per heavy atom. The SMILES string of the molecule is CCCCCCNCCCCCCc1c2ccccc2c(C#N)c2ccccc12. The van der Waals surface area contributed by atoms with Gasteiger partial charge < -0.3 is 5.32 Å². The highest BCUT2D eigenvalue weighted by Crippen LogP contribution is 2.33. The van der Waals surface area contributed by atoms with Crippen LogP contribution in [0.1, 0.15) is 69.4 Å². The monoisotopic (exact) mass is 386 g/mol. The summed E-state index contributed by atoms with van der Waals surface area (Å²) in [6, 6.07) is 19.3. The summed E-state index contributed by atoms with van der Waals surface area (Å²) in [6.45, 7) is 4.58. The van der Waals surface area contributed by atoms with Crippen molar-refractivity contribution in [2.24, 2.45) is 0 Å². The lowest BCUT2D eigenvalue weighted by molar-refractivity contribution is 0.560. The zero-order valence-corrected chi connectivity index (χ0v) is 17.8. The van der Waals surface area contributed by atoms with Crippen molar-refractivity contribution < 1.29 is 0 Å². The maximum absolute atomic E-state index is 9.75. The zero-order chi connectivity index (χ0) is 20.3. The Labute approximate surface area is 175 Å². The Kier molecular flexibility index (Phi) is 8.53. The van der Waals surface area contributed by atoms with Gasteiger partial charge in [-0.15, -0.1) is 0 Å². The Morgan fingerprint density at radius 1 is 0.690 bits per heavy atom. The molecule has 2 nitrogen and oxygen atoms in total. The summed E-state index contributed by atoms with van der Waals surface area (Å²) in [6.07, 6.45) is 11.4. The van der Waals surface area contributed by atoms with Crippen LogP contribution in [0.5, 0.6) is 0 Å². The predicted molar refractivity (Wildman–Crippen MR) is 125 cm³/mol. The molecule has 29 heavy (non-hydrogen) atoms. The molecule has 2 heteroatoms. The van der Waals surface area contributed by atoms with Crippen LogP contribution in [0.2, 0.25) is 0 Å². The number of hydrogen-bond acceptors (Lipinski definition) is 2. The van der Waals surface area contributed by atoms with E-state index in [0.29, 0.717) is 0 Å². The van der Waals surface area contributed by atoms with Gasteiger partial charge in [0.1, 0.15) is 6.07 Å². The van der Waals surface area contributed by atoms with Crippen LogP contribution in [0.3, 0.4) is 0 Å². The van der Waals surface area contributed by atoms with Crippen LogP contribution in [-0.4, -0.2) is 13.1 Å². The van der Waals surface area contributed by atoms with Gasteiger partial charge in [0.05, 0.1) is 5.56 Å². The van der Waals surface area contributed by atoms with E-state index in [2.05, 4.69) is 54.7 Å². The number of hydrogen-bond donors (Lipinski definition) is 1. The lowest BCUT2D eigenvalue weighted by atomic mass is 9.90. The number of aryl methyl sites for hydroxylation is 1. The molecule has 152 valence electrons. The van der Waals surface area contributed by atoms with Crippen molar-refractivity contribution in [2.75, 3.05) is 13.1 Å². The molecular weight excluding hydrogens is 352 g/mol. The molecule has 0 saturated heterocycles. The molecule has 0 bridgehead atoms. The highest BCUT2D eigenvalue weighted by atomic mass is 14.8. The van der Waals surface area contributed by atoms with Gasteiger partial charge in [0.15, 0.2) is 0 Å². The minimum Gasteiger partial charge on any atom is -0.317 e. The minimum absolute atomic E-state index is 0.810. The number of nitrogens with one attached hydrogen (secondary N) is 1. The number of nitrogens with zero attached hydrogens (tertiary/aromatic N) is 1. The highest BCUT2D eigenvalue weighted by Gasteiger charge is 2.12. The molecule has 0 aliphatic carbocycles. The third-order valence-corrected chi connectivity index (χ3v) is 5.89. The topological polar surface area (TPSA) is 35.8 Å². The smallest absolute Gasteiger partial charge is 0.100 e. The lowest BCUT2D eigenvalue weighted by Gasteiger charge is -2.13. The van der Waals surface area contributed by atoms with Gasteiger partial charge in [-0.05, 0) is 55.1 Å². The van der Waals surface area contributed by atoms with Crippen molar-refractivity contribution >= 4 is 21.5 Å². The van der Waals surface area contributed by atoms with Gasteiger partial charge in [-0.1, -0.05) is 87.6 Å². The summed E-state index contributed by atoms with van der Waals surface area (Å²) >= 11 is 0. The van der Waals surface area contributed by atoms with Gasteiger partial charge >= 0.3 is 0 Å². The summed E-state index contributed by atoms with van der Waals surface area (Å²) in [5.41, 5.74) is 2.22. The van der Waals surface area contributed by atoms with Crippen LogP contribution in [-0.2, 0) is 6.42 Å². The van der Waals surface area contributed by atoms with Crippen LogP contribution < -0.4 is 5.32 Å². The minimum atomic E-state index is 0.810. The molecule has 0 radical (unpaired) electrons. The number of unbranched alkanes of at least 4 members (excludes halogenated alkanes) is 6. The molecule has 1 N–H and O–H groups in total. The van der Waals surface area contributed by atoms with E-state index in [4.69, 9.17) is 0 Å². The van der Waals surface area contributed by atoms with E-state index in [9.17, 15) is 5.26 Å². The molecule has 0 aliphatic heterocycles. The first-order valence-electron chi connectivity index (χ1n) is 11.4. The Balaban J connectivity index is 1.56. The largest absolute Gasteiger partial charge is 0.317 e. The maximum atomic E-state index is 9.75. The normalized spacial score (nSPS) is 11.2. The van der Waals surface area contributed by atoms with Crippen LogP contribution in [0.15, 0.2) is 48.5 Å². The van der Waals surface area contributed by atoms with Crippen LogP contribution >= 0.6 is 0 Å². The van der Waals surface area contributed by atoms with Crippen molar-refractivity contribution in [1.82, 2.24) is 5.32 Å². The molecule has 3 aromatic rings. The van der Waals surface area contributed by atoms with Crippen molar-refractivity contribution in [3.05, 3.63) is 59.7 Å². The van der Waals surface area contributed by atoms with Gasteiger partial charge in [-0.2, -0.15) is 5.26 Å². The number of fused-ring (bicyclic) bond motifs is 2. The molecular formula is C27H34N2. The standard InChI is InChI=1S/C27H34N2/c1-2-3-4-12-19-29-20-13-6-5-7-14-22-23-15-8-10-17-25(23)27(21-28)26-18-11-9-16-24(22)26/h8-11,15-18,29H,2-7,12-14,19-20H2,1H3. The van der Waals surface area contributed by atoms with Gasteiger partial charge in [0.2, 0.25) is 0 Å².